The van der Waals surface area contributed by atoms with Gasteiger partial charge >= 0.3 is 0 Å². The average Bonchev–Trinajstić information content (AvgIpc) is 2.36. The standard InChI is InChI=1S/C13H14FN3O/c1-8-3-4-9(7-10(8)14)16-13-11(15)5-6-12(17-13)18-2/h3-7H,15H2,1-2H3,(H,16,17). The van der Waals surface area contributed by atoms with Gasteiger partial charge in [-0.05, 0) is 30.7 Å². The summed E-state index contributed by atoms with van der Waals surface area (Å²) in [5.41, 5.74) is 7.43. The minimum absolute atomic E-state index is 0.276. The monoisotopic (exact) mass is 247 g/mol. The Bertz CT molecular complexity index is 572. The van der Waals surface area contributed by atoms with Crippen molar-refractivity contribution in [1.29, 1.82) is 0 Å². The molecule has 0 fully saturated rings. The maximum Gasteiger partial charge on any atom is 0.215 e. The first kappa shape index (κ1) is 12.2. The fourth-order valence-electron chi connectivity index (χ4n) is 1.47. The maximum absolute atomic E-state index is 13.4. The van der Waals surface area contributed by atoms with Crippen molar-refractivity contribution in [3.63, 3.8) is 0 Å². The summed E-state index contributed by atoms with van der Waals surface area (Å²) in [5.74, 6) is 0.610. The molecule has 0 aliphatic rings. The summed E-state index contributed by atoms with van der Waals surface area (Å²) in [6.07, 6.45) is 0. The number of hydrogen-bond donors (Lipinski definition) is 2. The van der Waals surface area contributed by atoms with E-state index < -0.39 is 0 Å². The van der Waals surface area contributed by atoms with Gasteiger partial charge in [0.15, 0.2) is 5.82 Å². The number of anilines is 3. The number of ether oxygens (including phenoxy) is 1. The molecule has 0 saturated heterocycles. The van der Waals surface area contributed by atoms with Crippen LogP contribution in [0.25, 0.3) is 0 Å². The highest BCUT2D eigenvalue weighted by atomic mass is 19.1. The molecule has 0 spiro atoms. The van der Waals surface area contributed by atoms with Crippen LogP contribution in [0.15, 0.2) is 30.3 Å². The Hall–Kier alpha value is -2.30. The van der Waals surface area contributed by atoms with E-state index in [0.29, 0.717) is 28.6 Å². The van der Waals surface area contributed by atoms with E-state index in [4.69, 9.17) is 10.5 Å². The number of pyridine rings is 1. The Morgan fingerprint density at radius 2 is 2.06 bits per heavy atom. The third-order valence-electron chi connectivity index (χ3n) is 2.54. The van der Waals surface area contributed by atoms with Crippen molar-refractivity contribution in [2.24, 2.45) is 0 Å². The minimum atomic E-state index is -0.276. The van der Waals surface area contributed by atoms with Gasteiger partial charge in [-0.25, -0.2) is 4.39 Å². The minimum Gasteiger partial charge on any atom is -0.481 e. The lowest BCUT2D eigenvalue weighted by molar-refractivity contribution is 0.398. The summed E-state index contributed by atoms with van der Waals surface area (Å²) in [7, 11) is 1.52. The van der Waals surface area contributed by atoms with Gasteiger partial charge in [0.25, 0.3) is 0 Å². The van der Waals surface area contributed by atoms with Gasteiger partial charge in [-0.15, -0.1) is 0 Å². The summed E-state index contributed by atoms with van der Waals surface area (Å²) in [6.45, 7) is 1.71. The number of rotatable bonds is 3. The lowest BCUT2D eigenvalue weighted by Gasteiger charge is -2.10. The largest absolute Gasteiger partial charge is 0.481 e. The SMILES string of the molecule is COc1ccc(N)c(Nc2ccc(C)c(F)c2)n1. The van der Waals surface area contributed by atoms with Crippen LogP contribution >= 0.6 is 0 Å². The number of nitrogens with two attached hydrogens (primary N) is 1. The molecule has 2 rings (SSSR count). The van der Waals surface area contributed by atoms with Crippen LogP contribution in [-0.2, 0) is 0 Å². The molecular formula is C13H14FN3O. The second-order valence-corrected chi connectivity index (χ2v) is 3.88. The van der Waals surface area contributed by atoms with Crippen LogP contribution in [0, 0.1) is 12.7 Å². The Kier molecular flexibility index (Phi) is 3.32. The van der Waals surface area contributed by atoms with Gasteiger partial charge in [0.1, 0.15) is 5.82 Å². The zero-order valence-electron chi connectivity index (χ0n) is 10.2. The van der Waals surface area contributed by atoms with Crippen molar-refractivity contribution in [1.82, 2.24) is 4.98 Å². The molecule has 0 aliphatic heterocycles. The van der Waals surface area contributed by atoms with E-state index in [1.54, 1.807) is 31.2 Å². The molecule has 1 aromatic heterocycles. The molecule has 0 atom stereocenters. The number of aryl methyl sites for hydroxylation is 1. The molecule has 0 radical (unpaired) electrons. The van der Waals surface area contributed by atoms with E-state index in [0.717, 1.165) is 0 Å². The van der Waals surface area contributed by atoms with Crippen LogP contribution in [0.5, 0.6) is 5.88 Å². The Morgan fingerprint density at radius 3 is 2.72 bits per heavy atom. The predicted octanol–water partition coefficient (Wildman–Crippen LogP) is 2.86. The van der Waals surface area contributed by atoms with Gasteiger partial charge in [0, 0.05) is 11.8 Å². The van der Waals surface area contributed by atoms with Crippen molar-refractivity contribution in [2.45, 2.75) is 6.92 Å². The second kappa shape index (κ2) is 4.91. The van der Waals surface area contributed by atoms with E-state index >= 15 is 0 Å². The van der Waals surface area contributed by atoms with Crippen LogP contribution in [0.3, 0.4) is 0 Å². The third-order valence-corrected chi connectivity index (χ3v) is 2.54. The van der Waals surface area contributed by atoms with Crippen LogP contribution in [0.2, 0.25) is 0 Å². The molecule has 94 valence electrons. The number of methoxy groups -OCH3 is 1. The Labute approximate surface area is 105 Å². The van der Waals surface area contributed by atoms with E-state index in [-0.39, 0.29) is 5.82 Å². The predicted molar refractivity (Wildman–Crippen MR) is 69.6 cm³/mol. The van der Waals surface area contributed by atoms with Crippen molar-refractivity contribution in [3.05, 3.63) is 41.7 Å². The maximum atomic E-state index is 13.4. The number of benzene rings is 1. The smallest absolute Gasteiger partial charge is 0.215 e. The van der Waals surface area contributed by atoms with Crippen molar-refractivity contribution >= 4 is 17.2 Å². The molecule has 1 aromatic carbocycles. The highest BCUT2D eigenvalue weighted by Gasteiger charge is 2.05. The van der Waals surface area contributed by atoms with Crippen molar-refractivity contribution < 1.29 is 9.13 Å². The first-order valence-corrected chi connectivity index (χ1v) is 5.44. The molecule has 18 heavy (non-hydrogen) atoms. The van der Waals surface area contributed by atoms with Crippen molar-refractivity contribution in [3.8, 4) is 5.88 Å². The molecule has 0 amide bonds. The number of hydrogen-bond acceptors (Lipinski definition) is 4. The molecule has 1 heterocycles. The second-order valence-electron chi connectivity index (χ2n) is 3.88. The number of halogens is 1. The fraction of sp³-hybridized carbons (Fsp3) is 0.154. The zero-order valence-corrected chi connectivity index (χ0v) is 10.2. The van der Waals surface area contributed by atoms with Gasteiger partial charge in [-0.1, -0.05) is 6.07 Å². The summed E-state index contributed by atoms with van der Waals surface area (Å²) in [4.78, 5) is 4.16. The molecular weight excluding hydrogens is 233 g/mol. The van der Waals surface area contributed by atoms with Crippen LogP contribution in [-0.4, -0.2) is 12.1 Å². The quantitative estimate of drug-likeness (QED) is 0.875. The Balaban J connectivity index is 2.30. The van der Waals surface area contributed by atoms with Crippen LogP contribution < -0.4 is 15.8 Å². The number of nitrogens with one attached hydrogen (secondary N) is 1. The Morgan fingerprint density at radius 1 is 1.28 bits per heavy atom. The highest BCUT2D eigenvalue weighted by Crippen LogP contribution is 2.24. The van der Waals surface area contributed by atoms with Gasteiger partial charge in [0.2, 0.25) is 5.88 Å². The molecule has 0 bridgehead atoms. The summed E-state index contributed by atoms with van der Waals surface area (Å²) in [5, 5.41) is 2.96. The van der Waals surface area contributed by atoms with E-state index in [1.807, 2.05) is 0 Å². The van der Waals surface area contributed by atoms with Gasteiger partial charge in [-0.2, -0.15) is 4.98 Å². The van der Waals surface area contributed by atoms with E-state index in [1.165, 1.54) is 13.2 Å². The van der Waals surface area contributed by atoms with Crippen LogP contribution in [0.4, 0.5) is 21.6 Å². The van der Waals surface area contributed by atoms with Gasteiger partial charge in [0.05, 0.1) is 12.8 Å². The summed E-state index contributed by atoms with van der Waals surface area (Å²) < 4.78 is 18.4. The molecule has 4 nitrogen and oxygen atoms in total. The van der Waals surface area contributed by atoms with E-state index in [9.17, 15) is 4.39 Å². The lowest BCUT2D eigenvalue weighted by Crippen LogP contribution is -2.01. The third kappa shape index (κ3) is 2.51. The normalized spacial score (nSPS) is 10.2. The number of nitrogen functional groups attached to an aromatic ring is 1. The molecule has 0 unspecified atom stereocenters. The first-order chi connectivity index (χ1) is 8.60. The van der Waals surface area contributed by atoms with Crippen molar-refractivity contribution in [2.75, 3.05) is 18.2 Å². The topological polar surface area (TPSA) is 60.2 Å². The first-order valence-electron chi connectivity index (χ1n) is 5.44. The van der Waals surface area contributed by atoms with Gasteiger partial charge in [-0.3, -0.25) is 0 Å². The number of aromatic nitrogens is 1. The lowest BCUT2D eigenvalue weighted by atomic mass is 10.2. The molecule has 2 aromatic rings. The molecule has 0 aliphatic carbocycles. The molecule has 0 saturated carbocycles. The fourth-order valence-corrected chi connectivity index (χ4v) is 1.47. The molecule has 3 N–H and O–H groups in total. The number of nitrogens with zero attached hydrogens (tertiary/aromatic N) is 1. The highest BCUT2D eigenvalue weighted by molar-refractivity contribution is 5.69. The molecule has 5 heteroatoms. The zero-order chi connectivity index (χ0) is 13.1. The van der Waals surface area contributed by atoms with Crippen LogP contribution in [0.1, 0.15) is 5.56 Å². The van der Waals surface area contributed by atoms with Gasteiger partial charge < -0.3 is 15.8 Å². The summed E-state index contributed by atoms with van der Waals surface area (Å²) in [6, 6.07) is 8.19. The van der Waals surface area contributed by atoms with E-state index in [2.05, 4.69) is 10.3 Å². The average molecular weight is 247 g/mol. The summed E-state index contributed by atoms with van der Waals surface area (Å²) >= 11 is 0.